The van der Waals surface area contributed by atoms with Crippen molar-refractivity contribution in [2.45, 2.75) is 126 Å². The van der Waals surface area contributed by atoms with E-state index in [0.29, 0.717) is 13.2 Å². The van der Waals surface area contributed by atoms with Gasteiger partial charge < -0.3 is 19.3 Å². The molecule has 346 valence electrons. The molecule has 7 aromatic rings. The van der Waals surface area contributed by atoms with Gasteiger partial charge in [-0.1, -0.05) is 162 Å². The van der Waals surface area contributed by atoms with Gasteiger partial charge in [0.1, 0.15) is 13.2 Å². The monoisotopic (exact) mass is 897 g/mol. The molecule has 0 amide bonds. The van der Waals surface area contributed by atoms with Crippen LogP contribution in [0, 0.1) is 20.8 Å². The Bertz CT molecular complexity index is 3030. The molecule has 5 heteroatoms. The van der Waals surface area contributed by atoms with Crippen LogP contribution in [-0.2, 0) is 21.7 Å². The predicted octanol–water partition coefficient (Wildman–Crippen LogP) is 15.0. The molecule has 7 aromatic carbocycles. The maximum absolute atomic E-state index is 6.76. The Balaban J connectivity index is 1.29. The van der Waals surface area contributed by atoms with Crippen molar-refractivity contribution >= 4 is 57.2 Å². The van der Waals surface area contributed by atoms with Crippen LogP contribution < -0.4 is 35.7 Å². The highest BCUT2D eigenvalue weighted by molar-refractivity contribution is 7.00. The van der Waals surface area contributed by atoms with E-state index in [1.165, 1.54) is 100 Å². The molecule has 0 bridgehead atoms. The van der Waals surface area contributed by atoms with E-state index in [4.69, 9.17) is 9.47 Å². The smallest absolute Gasteiger partial charge is 0.252 e. The molecule has 68 heavy (non-hydrogen) atoms. The summed E-state index contributed by atoms with van der Waals surface area (Å²) in [6, 6.07) is 47.1. The van der Waals surface area contributed by atoms with Crippen molar-refractivity contribution in [2.75, 3.05) is 23.0 Å². The summed E-state index contributed by atoms with van der Waals surface area (Å²) in [6.45, 7) is 35.4. The Kier molecular flexibility index (Phi) is 10.7. The Labute approximate surface area is 407 Å². The molecule has 4 nitrogen and oxygen atoms in total. The van der Waals surface area contributed by atoms with Gasteiger partial charge in [-0.2, -0.15) is 0 Å². The van der Waals surface area contributed by atoms with Gasteiger partial charge in [0.2, 0.25) is 0 Å². The van der Waals surface area contributed by atoms with Gasteiger partial charge in [0.05, 0.1) is 11.4 Å². The highest BCUT2D eigenvalue weighted by Crippen LogP contribution is 2.52. The molecule has 0 unspecified atom stereocenters. The van der Waals surface area contributed by atoms with E-state index in [1.54, 1.807) is 0 Å². The van der Waals surface area contributed by atoms with E-state index < -0.39 is 0 Å². The Hall–Kier alpha value is -6.20. The summed E-state index contributed by atoms with van der Waals surface area (Å²) in [4.78, 5) is 5.11. The van der Waals surface area contributed by atoms with E-state index >= 15 is 0 Å². The molecule has 0 fully saturated rings. The van der Waals surface area contributed by atoms with Crippen LogP contribution in [0.25, 0.3) is 22.3 Å². The van der Waals surface area contributed by atoms with Crippen molar-refractivity contribution < 1.29 is 9.47 Å². The molecule has 0 spiro atoms. The average molecular weight is 897 g/mol. The van der Waals surface area contributed by atoms with Crippen LogP contribution >= 0.6 is 0 Å². The number of rotatable bonds is 4. The molecule has 3 heterocycles. The standard InChI is InChI=1S/C63H69BN2O2/c1-38-30-53-56-54(31-38)66(57-39(2)32-48(33-40(57)3)63(13,14)15)58-50(25-27-55-59(58)68-29-28-67-55)64(56)51-37-47(62(10,11)12)24-26-52(51)65(53)49-35-43(41-16-20-45(21-17-41)60(4,5)6)34-44(36-49)42-18-22-46(23-19-42)61(7,8)9/h16-27,30-37H,28-29H2,1-15H3. The molecule has 0 aromatic heterocycles. The first-order valence-corrected chi connectivity index (χ1v) is 24.8. The van der Waals surface area contributed by atoms with Gasteiger partial charge in [-0.25, -0.2) is 0 Å². The van der Waals surface area contributed by atoms with Crippen LogP contribution in [0.1, 0.15) is 122 Å². The molecule has 3 aliphatic heterocycles. The van der Waals surface area contributed by atoms with E-state index in [0.717, 1.165) is 22.9 Å². The Morgan fingerprint density at radius 2 is 0.912 bits per heavy atom. The summed E-state index contributed by atoms with van der Waals surface area (Å²) in [5.41, 5.74) is 24.6. The summed E-state index contributed by atoms with van der Waals surface area (Å²) in [5.74, 6) is 1.62. The quantitative estimate of drug-likeness (QED) is 0.164. The molecular weight excluding hydrogens is 828 g/mol. The lowest BCUT2D eigenvalue weighted by molar-refractivity contribution is 0.172. The predicted molar refractivity (Wildman–Crippen MR) is 291 cm³/mol. The van der Waals surface area contributed by atoms with Crippen LogP contribution in [0.3, 0.4) is 0 Å². The van der Waals surface area contributed by atoms with Crippen LogP contribution in [0.5, 0.6) is 11.5 Å². The zero-order valence-electron chi connectivity index (χ0n) is 43.2. The minimum absolute atomic E-state index is 0.00316. The second-order valence-corrected chi connectivity index (χ2v) is 24.0. The number of aryl methyl sites for hydroxylation is 3. The molecule has 10 rings (SSSR count). The number of anilines is 6. The topological polar surface area (TPSA) is 24.9 Å². The number of hydrogen-bond donors (Lipinski definition) is 0. The van der Waals surface area contributed by atoms with Crippen LogP contribution in [-0.4, -0.2) is 19.9 Å². The third-order valence-corrected chi connectivity index (χ3v) is 14.7. The number of hydrogen-bond acceptors (Lipinski definition) is 4. The molecule has 0 aliphatic carbocycles. The number of benzene rings is 7. The highest BCUT2D eigenvalue weighted by Gasteiger charge is 2.46. The van der Waals surface area contributed by atoms with Crippen molar-refractivity contribution in [3.63, 3.8) is 0 Å². The third-order valence-electron chi connectivity index (χ3n) is 14.7. The lowest BCUT2D eigenvalue weighted by atomic mass is 9.33. The SMILES string of the molecule is Cc1cc2c3c(c1)N(c1c(C)cc(C(C)(C)C)cc1C)c1c(ccc4c1OCCO4)B3c1cc(C(C)(C)C)ccc1N2c1cc(-c2ccc(C(C)(C)C)cc2)cc(-c2ccc(C(C)(C)C)cc2)c1. The fraction of sp³-hybridized carbons (Fsp3) is 0.333. The fourth-order valence-electron chi connectivity index (χ4n) is 10.8. The first-order valence-electron chi connectivity index (χ1n) is 24.8. The van der Waals surface area contributed by atoms with Gasteiger partial charge in [0.25, 0.3) is 6.71 Å². The van der Waals surface area contributed by atoms with Crippen LogP contribution in [0.2, 0.25) is 0 Å². The third kappa shape index (κ3) is 7.80. The van der Waals surface area contributed by atoms with Gasteiger partial charge in [-0.05, 0) is 162 Å². The van der Waals surface area contributed by atoms with E-state index in [-0.39, 0.29) is 28.4 Å². The zero-order chi connectivity index (χ0) is 48.4. The van der Waals surface area contributed by atoms with Gasteiger partial charge in [-0.15, -0.1) is 0 Å². The van der Waals surface area contributed by atoms with Crippen molar-refractivity contribution in [3.8, 4) is 33.8 Å². The maximum Gasteiger partial charge on any atom is 0.252 e. The highest BCUT2D eigenvalue weighted by atomic mass is 16.6. The number of nitrogens with zero attached hydrogens (tertiary/aromatic N) is 2. The summed E-state index contributed by atoms with van der Waals surface area (Å²) in [5, 5.41) is 0. The van der Waals surface area contributed by atoms with E-state index in [2.05, 4.69) is 235 Å². The van der Waals surface area contributed by atoms with Crippen LogP contribution in [0.4, 0.5) is 34.1 Å². The molecule has 0 saturated carbocycles. The molecule has 3 aliphatic rings. The Morgan fingerprint density at radius 3 is 1.44 bits per heavy atom. The average Bonchev–Trinajstić information content (AvgIpc) is 3.27. The lowest BCUT2D eigenvalue weighted by Gasteiger charge is -2.46. The molecule has 0 radical (unpaired) electrons. The number of ether oxygens (including phenoxy) is 2. The van der Waals surface area contributed by atoms with Gasteiger partial charge in [-0.3, -0.25) is 0 Å². The molecule has 0 atom stereocenters. The zero-order valence-corrected chi connectivity index (χ0v) is 43.2. The van der Waals surface area contributed by atoms with E-state index in [9.17, 15) is 0 Å². The first kappa shape index (κ1) is 45.6. The van der Waals surface area contributed by atoms with Crippen molar-refractivity contribution in [1.82, 2.24) is 0 Å². The second-order valence-electron chi connectivity index (χ2n) is 24.0. The second kappa shape index (κ2) is 15.9. The van der Waals surface area contributed by atoms with Crippen LogP contribution in [0.15, 0.2) is 121 Å². The van der Waals surface area contributed by atoms with Crippen molar-refractivity contribution in [3.05, 3.63) is 160 Å². The normalized spacial score (nSPS) is 14.4. The largest absolute Gasteiger partial charge is 0.486 e. The molecule has 0 N–H and O–H groups in total. The first-order chi connectivity index (χ1) is 32.0. The number of fused-ring (bicyclic) bond motifs is 6. The van der Waals surface area contributed by atoms with E-state index in [1.807, 2.05) is 0 Å². The summed E-state index contributed by atoms with van der Waals surface area (Å²) >= 11 is 0. The van der Waals surface area contributed by atoms with Gasteiger partial charge in [0, 0.05) is 22.7 Å². The summed E-state index contributed by atoms with van der Waals surface area (Å²) in [7, 11) is 0. The summed E-state index contributed by atoms with van der Waals surface area (Å²) < 4.78 is 13.2. The van der Waals surface area contributed by atoms with Gasteiger partial charge >= 0.3 is 0 Å². The lowest BCUT2D eigenvalue weighted by Crippen LogP contribution is -2.61. The fourth-order valence-corrected chi connectivity index (χ4v) is 10.8. The minimum Gasteiger partial charge on any atom is -0.486 e. The van der Waals surface area contributed by atoms with Gasteiger partial charge in [0.15, 0.2) is 11.5 Å². The Morgan fingerprint density at radius 1 is 0.412 bits per heavy atom. The minimum atomic E-state index is -0.0683. The van der Waals surface area contributed by atoms with Crippen molar-refractivity contribution in [1.29, 1.82) is 0 Å². The molecule has 0 saturated heterocycles. The molecular formula is C63H69BN2O2. The maximum atomic E-state index is 6.76. The summed E-state index contributed by atoms with van der Waals surface area (Å²) in [6.07, 6.45) is 0. The van der Waals surface area contributed by atoms with Crippen molar-refractivity contribution in [2.24, 2.45) is 0 Å².